The van der Waals surface area contributed by atoms with Crippen molar-refractivity contribution in [1.82, 2.24) is 15.5 Å². The molecule has 2 N–H and O–H groups in total. The van der Waals surface area contributed by atoms with Crippen molar-refractivity contribution in [2.45, 2.75) is 56.0 Å². The van der Waals surface area contributed by atoms with Crippen molar-refractivity contribution in [3.8, 4) is 0 Å². The molecule has 174 valence electrons. The first-order valence-corrected chi connectivity index (χ1v) is 12.8. The zero-order chi connectivity index (χ0) is 23.1. The summed E-state index contributed by atoms with van der Waals surface area (Å²) in [5.74, 6) is -0.417. The number of hydrogen-bond acceptors (Lipinski definition) is 6. The molecule has 0 radical (unpaired) electrons. The molecule has 2 saturated heterocycles. The van der Waals surface area contributed by atoms with Crippen molar-refractivity contribution in [2.24, 2.45) is 5.92 Å². The molecule has 1 saturated carbocycles. The van der Waals surface area contributed by atoms with Gasteiger partial charge in [0.1, 0.15) is 12.1 Å². The molecule has 1 unspecified atom stereocenters. The molecule has 4 amide bonds. The fourth-order valence-electron chi connectivity index (χ4n) is 4.53. The van der Waals surface area contributed by atoms with E-state index in [0.29, 0.717) is 18.0 Å². The topological polar surface area (TPSA) is 116 Å². The van der Waals surface area contributed by atoms with Crippen LogP contribution in [0.4, 0.5) is 10.5 Å². The van der Waals surface area contributed by atoms with Gasteiger partial charge >= 0.3 is 6.03 Å². The molecule has 2 heterocycles. The quantitative estimate of drug-likeness (QED) is 0.590. The molecule has 0 spiro atoms. The summed E-state index contributed by atoms with van der Waals surface area (Å²) in [7, 11) is -3.22. The molecule has 1 aromatic rings. The van der Waals surface area contributed by atoms with E-state index in [-0.39, 0.29) is 36.1 Å². The van der Waals surface area contributed by atoms with Gasteiger partial charge in [0.2, 0.25) is 5.91 Å². The molecule has 1 aliphatic carbocycles. The molecular formula is C22H30N4O5S. The number of piperidine rings is 1. The van der Waals surface area contributed by atoms with E-state index in [0.717, 1.165) is 36.3 Å². The second-order valence-corrected chi connectivity index (χ2v) is 11.3. The summed E-state index contributed by atoms with van der Waals surface area (Å²) in [6.45, 7) is 4.53. The smallest absolute Gasteiger partial charge is 0.325 e. The van der Waals surface area contributed by atoms with Gasteiger partial charge in [-0.1, -0.05) is 6.92 Å². The summed E-state index contributed by atoms with van der Waals surface area (Å²) < 4.78 is 23.9. The molecule has 0 bridgehead atoms. The van der Waals surface area contributed by atoms with Crippen LogP contribution in [0.3, 0.4) is 0 Å². The number of sulfone groups is 1. The highest BCUT2D eigenvalue weighted by atomic mass is 32.2. The van der Waals surface area contributed by atoms with E-state index < -0.39 is 21.4 Å². The van der Waals surface area contributed by atoms with E-state index in [1.165, 1.54) is 0 Å². The number of nitrogens with zero attached hydrogens (tertiary/aromatic N) is 2. The number of anilines is 1. The lowest BCUT2D eigenvalue weighted by Gasteiger charge is -2.34. The fourth-order valence-corrected chi connectivity index (χ4v) is 5.41. The summed E-state index contributed by atoms with van der Waals surface area (Å²) in [4.78, 5) is 40.9. The lowest BCUT2D eigenvalue weighted by Crippen LogP contribution is -2.49. The highest BCUT2D eigenvalue weighted by Gasteiger charge is 2.56. The van der Waals surface area contributed by atoms with Gasteiger partial charge in [0.25, 0.3) is 5.91 Å². The van der Waals surface area contributed by atoms with Gasteiger partial charge in [0.05, 0.1) is 10.6 Å². The predicted octanol–water partition coefficient (Wildman–Crippen LogP) is 1.29. The van der Waals surface area contributed by atoms with Crippen molar-refractivity contribution >= 4 is 33.4 Å². The van der Waals surface area contributed by atoms with Crippen molar-refractivity contribution in [1.29, 1.82) is 0 Å². The van der Waals surface area contributed by atoms with Gasteiger partial charge in [-0.3, -0.25) is 14.5 Å². The minimum Gasteiger partial charge on any atom is -0.371 e. The van der Waals surface area contributed by atoms with Crippen LogP contribution in [0.2, 0.25) is 0 Å². The van der Waals surface area contributed by atoms with Gasteiger partial charge in [-0.25, -0.2) is 13.2 Å². The lowest BCUT2D eigenvalue weighted by molar-refractivity contribution is -0.135. The molecule has 2 aliphatic heterocycles. The first-order chi connectivity index (χ1) is 15.1. The standard InChI is InChI=1S/C22H30N4O5S/c1-3-32(30,31)18-8-6-17(7-9-18)25-12-10-16(11-13-25)23-19(27)14-26-20(28)22(2,15-4-5-15)24-21(26)29/h6-9,15-16H,3-5,10-14H2,1-2H3,(H,23,27)(H,24,29). The Morgan fingerprint density at radius 3 is 2.31 bits per heavy atom. The average Bonchev–Trinajstić information content (AvgIpc) is 3.60. The summed E-state index contributed by atoms with van der Waals surface area (Å²) >= 11 is 0. The molecule has 0 aromatic heterocycles. The van der Waals surface area contributed by atoms with Gasteiger partial charge < -0.3 is 15.5 Å². The van der Waals surface area contributed by atoms with Gasteiger partial charge in [-0.05, 0) is 62.8 Å². The Bertz CT molecular complexity index is 1010. The number of rotatable bonds is 7. The van der Waals surface area contributed by atoms with Gasteiger partial charge in [0.15, 0.2) is 9.84 Å². The van der Waals surface area contributed by atoms with E-state index in [1.807, 2.05) is 12.1 Å². The maximum Gasteiger partial charge on any atom is 0.325 e. The van der Waals surface area contributed by atoms with Crippen LogP contribution >= 0.6 is 0 Å². The Labute approximate surface area is 188 Å². The molecule has 32 heavy (non-hydrogen) atoms. The van der Waals surface area contributed by atoms with Crippen LogP contribution in [0.1, 0.15) is 39.5 Å². The molecule has 1 aromatic carbocycles. The molecule has 3 aliphatic rings. The first-order valence-electron chi connectivity index (χ1n) is 11.2. The Hall–Kier alpha value is -2.62. The highest BCUT2D eigenvalue weighted by molar-refractivity contribution is 7.91. The van der Waals surface area contributed by atoms with Crippen LogP contribution in [-0.2, 0) is 19.4 Å². The normalized spacial score (nSPS) is 24.6. The second kappa shape index (κ2) is 8.38. The van der Waals surface area contributed by atoms with Crippen molar-refractivity contribution < 1.29 is 22.8 Å². The van der Waals surface area contributed by atoms with Crippen molar-refractivity contribution in [3.05, 3.63) is 24.3 Å². The number of amides is 4. The minimum absolute atomic E-state index is 0.0333. The largest absolute Gasteiger partial charge is 0.371 e. The first kappa shape index (κ1) is 22.6. The molecule has 3 fully saturated rings. The van der Waals surface area contributed by atoms with Crippen LogP contribution in [0, 0.1) is 5.92 Å². The SMILES string of the molecule is CCS(=O)(=O)c1ccc(N2CCC(NC(=O)CN3C(=O)NC(C)(C4CC4)C3=O)CC2)cc1. The maximum atomic E-state index is 12.7. The van der Waals surface area contributed by atoms with Gasteiger partial charge in [0, 0.05) is 24.8 Å². The summed E-state index contributed by atoms with van der Waals surface area (Å²) in [6.07, 6.45) is 3.28. The van der Waals surface area contributed by atoms with Crippen LogP contribution < -0.4 is 15.5 Å². The Morgan fingerprint density at radius 1 is 1.12 bits per heavy atom. The zero-order valence-corrected chi connectivity index (χ0v) is 19.3. The van der Waals surface area contributed by atoms with E-state index in [9.17, 15) is 22.8 Å². The number of benzene rings is 1. The van der Waals surface area contributed by atoms with E-state index in [2.05, 4.69) is 15.5 Å². The Kier molecular flexibility index (Phi) is 5.91. The fraction of sp³-hybridized carbons (Fsp3) is 0.591. The van der Waals surface area contributed by atoms with E-state index in [1.54, 1.807) is 26.0 Å². The second-order valence-electron chi connectivity index (χ2n) is 9.02. The monoisotopic (exact) mass is 462 g/mol. The third kappa shape index (κ3) is 4.32. The van der Waals surface area contributed by atoms with Gasteiger partial charge in [-0.15, -0.1) is 0 Å². The van der Waals surface area contributed by atoms with E-state index >= 15 is 0 Å². The number of imide groups is 1. The van der Waals surface area contributed by atoms with Crippen LogP contribution in [0.5, 0.6) is 0 Å². The third-order valence-electron chi connectivity index (χ3n) is 6.80. The summed E-state index contributed by atoms with van der Waals surface area (Å²) in [5, 5.41) is 5.70. The van der Waals surface area contributed by atoms with Crippen LogP contribution in [-0.4, -0.2) is 68.1 Å². The minimum atomic E-state index is -3.22. The predicted molar refractivity (Wildman–Crippen MR) is 119 cm³/mol. The van der Waals surface area contributed by atoms with E-state index in [4.69, 9.17) is 0 Å². The zero-order valence-electron chi connectivity index (χ0n) is 18.5. The van der Waals surface area contributed by atoms with Crippen molar-refractivity contribution in [2.75, 3.05) is 30.3 Å². The number of carbonyl (C=O) groups excluding carboxylic acids is 3. The Morgan fingerprint density at radius 2 is 1.75 bits per heavy atom. The molecule has 4 rings (SSSR count). The number of carbonyl (C=O) groups is 3. The highest BCUT2D eigenvalue weighted by Crippen LogP contribution is 2.42. The molecular weight excluding hydrogens is 432 g/mol. The van der Waals surface area contributed by atoms with Crippen molar-refractivity contribution in [3.63, 3.8) is 0 Å². The number of nitrogens with one attached hydrogen (secondary N) is 2. The summed E-state index contributed by atoms with van der Waals surface area (Å²) in [6, 6.07) is 6.37. The number of hydrogen-bond donors (Lipinski definition) is 2. The van der Waals surface area contributed by atoms with Crippen LogP contribution in [0.25, 0.3) is 0 Å². The molecule has 1 atom stereocenters. The Balaban J connectivity index is 1.27. The van der Waals surface area contributed by atoms with Crippen LogP contribution in [0.15, 0.2) is 29.2 Å². The third-order valence-corrected chi connectivity index (χ3v) is 8.55. The lowest BCUT2D eigenvalue weighted by atomic mass is 9.96. The summed E-state index contributed by atoms with van der Waals surface area (Å²) in [5.41, 5.74) is 0.0675. The molecule has 9 nitrogen and oxygen atoms in total. The maximum absolute atomic E-state index is 12.7. The number of urea groups is 1. The molecule has 10 heteroatoms. The van der Waals surface area contributed by atoms with Gasteiger partial charge in [-0.2, -0.15) is 0 Å². The average molecular weight is 463 g/mol.